The van der Waals surface area contributed by atoms with Gasteiger partial charge in [-0.05, 0) is 37.5 Å². The van der Waals surface area contributed by atoms with E-state index < -0.39 is 6.04 Å². The number of benzene rings is 1. The molecule has 124 valence electrons. The van der Waals surface area contributed by atoms with E-state index in [0.717, 1.165) is 6.42 Å². The molecule has 2 amide bonds. The molecule has 5 nitrogen and oxygen atoms in total. The Balaban J connectivity index is 2.17. The molecular weight excluding hydrogens is 316 g/mol. The van der Waals surface area contributed by atoms with Gasteiger partial charge in [0.1, 0.15) is 6.04 Å². The van der Waals surface area contributed by atoms with Crippen molar-refractivity contribution in [3.8, 4) is 0 Å². The smallest absolute Gasteiger partial charge is 0.247 e. The molecule has 1 heterocycles. The van der Waals surface area contributed by atoms with Crippen molar-refractivity contribution in [1.82, 2.24) is 4.90 Å². The lowest BCUT2D eigenvalue weighted by atomic mass is 10.0. The van der Waals surface area contributed by atoms with E-state index in [9.17, 15) is 14.4 Å². The van der Waals surface area contributed by atoms with E-state index in [0.29, 0.717) is 29.2 Å². The van der Waals surface area contributed by atoms with Gasteiger partial charge in [-0.3, -0.25) is 14.4 Å². The fraction of sp³-hybridized carbons (Fsp3) is 0.471. The Labute approximate surface area is 141 Å². The van der Waals surface area contributed by atoms with Crippen LogP contribution in [-0.4, -0.2) is 35.1 Å². The number of ketones is 1. The van der Waals surface area contributed by atoms with Gasteiger partial charge < -0.3 is 10.2 Å². The molecule has 1 atom stereocenters. The highest BCUT2D eigenvalue weighted by molar-refractivity contribution is 6.34. The van der Waals surface area contributed by atoms with E-state index >= 15 is 0 Å². The van der Waals surface area contributed by atoms with E-state index in [2.05, 4.69) is 5.32 Å². The maximum Gasteiger partial charge on any atom is 0.247 e. The minimum atomic E-state index is -0.503. The Bertz CT molecular complexity index is 643. The molecule has 0 spiro atoms. The lowest BCUT2D eigenvalue weighted by Crippen LogP contribution is -2.47. The van der Waals surface area contributed by atoms with Gasteiger partial charge in [-0.2, -0.15) is 0 Å². The number of anilines is 1. The molecule has 1 fully saturated rings. The van der Waals surface area contributed by atoms with Crippen molar-refractivity contribution in [2.45, 2.75) is 39.7 Å². The highest BCUT2D eigenvalue weighted by atomic mass is 35.5. The molecule has 0 aliphatic carbocycles. The quantitative estimate of drug-likeness (QED) is 0.840. The standard InChI is InChI=1S/C17H21ClN2O3/c1-10(2)16(20-8-4-5-15(20)22)17(23)19-12-6-7-13(11(3)21)14(18)9-12/h6-7,9-10,16H,4-5,8H2,1-3H3,(H,19,23)/t16-/m1/s1. The van der Waals surface area contributed by atoms with Crippen LogP contribution in [-0.2, 0) is 9.59 Å². The Morgan fingerprint density at radius 2 is 2.00 bits per heavy atom. The van der Waals surface area contributed by atoms with Crippen LogP contribution in [0.1, 0.15) is 44.0 Å². The maximum absolute atomic E-state index is 12.6. The van der Waals surface area contributed by atoms with Gasteiger partial charge in [-0.1, -0.05) is 25.4 Å². The molecule has 1 aromatic rings. The highest BCUT2D eigenvalue weighted by Crippen LogP contribution is 2.24. The van der Waals surface area contributed by atoms with Crippen LogP contribution in [0.4, 0.5) is 5.69 Å². The number of hydrogen-bond donors (Lipinski definition) is 1. The summed E-state index contributed by atoms with van der Waals surface area (Å²) in [5.74, 6) is -0.342. The highest BCUT2D eigenvalue weighted by Gasteiger charge is 2.34. The Kier molecular flexibility index (Phi) is 5.42. The third kappa shape index (κ3) is 3.91. The van der Waals surface area contributed by atoms with Gasteiger partial charge in [0.25, 0.3) is 0 Å². The summed E-state index contributed by atoms with van der Waals surface area (Å²) >= 11 is 6.06. The number of carbonyl (C=O) groups excluding carboxylic acids is 3. The molecule has 23 heavy (non-hydrogen) atoms. The van der Waals surface area contributed by atoms with E-state index in [1.165, 1.54) is 6.92 Å². The predicted molar refractivity (Wildman–Crippen MR) is 89.7 cm³/mol. The molecule has 1 aromatic carbocycles. The molecule has 0 unspecified atom stereocenters. The average Bonchev–Trinajstić information content (AvgIpc) is 2.84. The van der Waals surface area contributed by atoms with Crippen LogP contribution in [0.3, 0.4) is 0 Å². The predicted octanol–water partition coefficient (Wildman–Crippen LogP) is 3.13. The Hall–Kier alpha value is -1.88. The second kappa shape index (κ2) is 7.13. The van der Waals surface area contributed by atoms with Crippen LogP contribution in [0, 0.1) is 5.92 Å². The number of carbonyl (C=O) groups is 3. The van der Waals surface area contributed by atoms with Crippen LogP contribution in [0.15, 0.2) is 18.2 Å². The van der Waals surface area contributed by atoms with E-state index in [1.807, 2.05) is 13.8 Å². The van der Waals surface area contributed by atoms with Crippen LogP contribution < -0.4 is 5.32 Å². The molecular formula is C17H21ClN2O3. The molecule has 0 radical (unpaired) electrons. The minimum Gasteiger partial charge on any atom is -0.330 e. The fourth-order valence-corrected chi connectivity index (χ4v) is 3.18. The van der Waals surface area contributed by atoms with Gasteiger partial charge in [-0.15, -0.1) is 0 Å². The molecule has 0 saturated carbocycles. The van der Waals surface area contributed by atoms with Gasteiger partial charge in [0.05, 0.1) is 5.02 Å². The van der Waals surface area contributed by atoms with E-state index in [1.54, 1.807) is 23.1 Å². The topological polar surface area (TPSA) is 66.5 Å². The molecule has 0 aromatic heterocycles. The number of hydrogen-bond acceptors (Lipinski definition) is 3. The SMILES string of the molecule is CC(=O)c1ccc(NC(=O)[C@@H](C(C)C)N2CCCC2=O)cc1Cl. The average molecular weight is 337 g/mol. The summed E-state index contributed by atoms with van der Waals surface area (Å²) in [5.41, 5.74) is 0.932. The number of halogens is 1. The van der Waals surface area contributed by atoms with Gasteiger partial charge in [0, 0.05) is 24.2 Å². The number of nitrogens with zero attached hydrogens (tertiary/aromatic N) is 1. The van der Waals surface area contributed by atoms with Crippen molar-refractivity contribution in [2.75, 3.05) is 11.9 Å². The van der Waals surface area contributed by atoms with Crippen molar-refractivity contribution >= 4 is 34.9 Å². The number of Topliss-reactive ketones (excluding diaryl/α,β-unsaturated/α-hetero) is 1. The van der Waals surface area contributed by atoms with Crippen molar-refractivity contribution in [1.29, 1.82) is 0 Å². The van der Waals surface area contributed by atoms with Gasteiger partial charge in [0.15, 0.2) is 5.78 Å². The first-order chi connectivity index (χ1) is 10.8. The summed E-state index contributed by atoms with van der Waals surface area (Å²) in [7, 11) is 0. The van der Waals surface area contributed by atoms with Gasteiger partial charge >= 0.3 is 0 Å². The zero-order valence-electron chi connectivity index (χ0n) is 13.6. The lowest BCUT2D eigenvalue weighted by molar-refractivity contribution is -0.136. The molecule has 1 saturated heterocycles. The third-order valence-corrected chi connectivity index (χ3v) is 4.27. The monoisotopic (exact) mass is 336 g/mol. The first-order valence-electron chi connectivity index (χ1n) is 7.72. The van der Waals surface area contributed by atoms with Crippen LogP contribution >= 0.6 is 11.6 Å². The minimum absolute atomic E-state index is 0.00372. The largest absolute Gasteiger partial charge is 0.330 e. The maximum atomic E-state index is 12.6. The molecule has 1 N–H and O–H groups in total. The number of amides is 2. The van der Waals surface area contributed by atoms with Crippen molar-refractivity contribution in [3.05, 3.63) is 28.8 Å². The molecule has 1 aliphatic heterocycles. The summed E-state index contributed by atoms with van der Waals surface area (Å²) in [6, 6.07) is 4.28. The first kappa shape index (κ1) is 17.5. The molecule has 6 heteroatoms. The summed E-state index contributed by atoms with van der Waals surface area (Å²) in [5, 5.41) is 3.10. The third-order valence-electron chi connectivity index (χ3n) is 3.96. The normalized spacial score (nSPS) is 15.9. The van der Waals surface area contributed by atoms with Crippen LogP contribution in [0.2, 0.25) is 5.02 Å². The molecule has 2 rings (SSSR count). The van der Waals surface area contributed by atoms with E-state index in [-0.39, 0.29) is 23.5 Å². The van der Waals surface area contributed by atoms with Crippen LogP contribution in [0.25, 0.3) is 0 Å². The van der Waals surface area contributed by atoms with Crippen LogP contribution in [0.5, 0.6) is 0 Å². The number of nitrogens with one attached hydrogen (secondary N) is 1. The van der Waals surface area contributed by atoms with Crippen molar-refractivity contribution in [2.24, 2.45) is 5.92 Å². The summed E-state index contributed by atoms with van der Waals surface area (Å²) < 4.78 is 0. The Morgan fingerprint density at radius 3 is 2.48 bits per heavy atom. The molecule has 0 bridgehead atoms. The fourth-order valence-electron chi connectivity index (χ4n) is 2.86. The lowest BCUT2D eigenvalue weighted by Gasteiger charge is -2.29. The number of rotatable bonds is 5. The second-order valence-corrected chi connectivity index (χ2v) is 6.53. The van der Waals surface area contributed by atoms with Gasteiger partial charge in [0.2, 0.25) is 11.8 Å². The second-order valence-electron chi connectivity index (χ2n) is 6.12. The Morgan fingerprint density at radius 1 is 1.30 bits per heavy atom. The summed E-state index contributed by atoms with van der Waals surface area (Å²) in [6.45, 7) is 5.88. The van der Waals surface area contributed by atoms with E-state index in [4.69, 9.17) is 11.6 Å². The van der Waals surface area contributed by atoms with Gasteiger partial charge in [-0.25, -0.2) is 0 Å². The summed E-state index contributed by atoms with van der Waals surface area (Å²) in [6.07, 6.45) is 1.28. The first-order valence-corrected chi connectivity index (χ1v) is 8.10. The zero-order chi connectivity index (χ0) is 17.1. The van der Waals surface area contributed by atoms with Crippen molar-refractivity contribution < 1.29 is 14.4 Å². The van der Waals surface area contributed by atoms with Crippen molar-refractivity contribution in [3.63, 3.8) is 0 Å². The molecule has 1 aliphatic rings. The number of likely N-dealkylation sites (tertiary alicyclic amines) is 1. The summed E-state index contributed by atoms with van der Waals surface area (Å²) in [4.78, 5) is 37.6. The zero-order valence-corrected chi connectivity index (χ0v) is 14.3.